The first kappa shape index (κ1) is 30.5. The van der Waals surface area contributed by atoms with Gasteiger partial charge in [-0.1, -0.05) is 124 Å². The smallest absolute Gasteiger partial charge is 0.510 e. The summed E-state index contributed by atoms with van der Waals surface area (Å²) < 4.78 is 32.6. The largest absolute Gasteiger partial charge is 0.647 e. The van der Waals surface area contributed by atoms with Crippen LogP contribution in [0.1, 0.15) is 0 Å². The van der Waals surface area contributed by atoms with Crippen molar-refractivity contribution in [2.24, 2.45) is 0 Å². The Morgan fingerprint density at radius 1 is 0.409 bits per heavy atom. The van der Waals surface area contributed by atoms with Crippen molar-refractivity contribution >= 4 is 55.3 Å². The lowest BCUT2D eigenvalue weighted by molar-refractivity contribution is 0.284. The molecule has 6 heterocycles. The summed E-state index contributed by atoms with van der Waals surface area (Å²) >= 11 is 0. The van der Waals surface area contributed by atoms with Gasteiger partial charge >= 0.3 is 7.82 Å². The Bertz CT molecular complexity index is 1740. The molecule has 6 aromatic rings. The van der Waals surface area contributed by atoms with E-state index in [1.807, 2.05) is 71.6 Å². The van der Waals surface area contributed by atoms with E-state index in [-0.39, 0.29) is 33.3 Å². The molecule has 218 valence electrons. The topological polar surface area (TPSA) is 105 Å². The van der Waals surface area contributed by atoms with Crippen LogP contribution in [0.15, 0.2) is 142 Å². The zero-order chi connectivity index (χ0) is 30.5. The summed E-state index contributed by atoms with van der Waals surface area (Å²) in [4.78, 5) is 0. The Morgan fingerprint density at radius 3 is 0.955 bits per heavy atom. The SMILES string of the molecule is O=P(Oc1ccc[si](-[si]2ccccc2)c1O)(Oc1ccc[si](-[si]2ccccc2)c1O)Oc1ccc[si](-[si]2ccccc2)c1O. The highest BCUT2D eigenvalue weighted by Crippen LogP contribution is 2.53. The normalized spacial score (nSPS) is 11.1. The highest BCUT2D eigenvalue weighted by molar-refractivity contribution is 7.49. The molecule has 0 bridgehead atoms. The Hall–Kier alpha value is -3.57. The maximum Gasteiger partial charge on any atom is 0.647 e. The lowest BCUT2D eigenvalue weighted by Crippen LogP contribution is -2.16. The number of hydrogen-bond acceptors (Lipinski definition) is 7. The third kappa shape index (κ3) is 6.73. The van der Waals surface area contributed by atoms with Crippen molar-refractivity contribution in [1.29, 1.82) is 0 Å². The van der Waals surface area contributed by atoms with E-state index in [9.17, 15) is 19.9 Å². The third-order valence-electron chi connectivity index (χ3n) is 6.88. The zero-order valence-corrected chi connectivity index (χ0v) is 30.2. The van der Waals surface area contributed by atoms with Crippen LogP contribution in [-0.4, -0.2) is 62.8 Å². The second kappa shape index (κ2) is 13.6. The third-order valence-corrected chi connectivity index (χ3v) is 29.4. The van der Waals surface area contributed by atoms with Gasteiger partial charge in [0.2, 0.25) is 0 Å². The molecule has 14 heteroatoms. The minimum absolute atomic E-state index is 0.00589. The van der Waals surface area contributed by atoms with Gasteiger partial charge in [0.25, 0.3) is 0 Å². The Balaban J connectivity index is 1.42. The van der Waals surface area contributed by atoms with Crippen LogP contribution in [0.2, 0.25) is 0 Å². The van der Waals surface area contributed by atoms with Gasteiger partial charge in [-0.15, -0.1) is 0 Å². The maximum absolute atomic E-state index is 14.6. The number of phosphoric acid groups is 1. The van der Waals surface area contributed by atoms with E-state index in [1.54, 1.807) is 18.2 Å². The van der Waals surface area contributed by atoms with Crippen molar-refractivity contribution in [2.45, 2.75) is 0 Å². The Labute approximate surface area is 263 Å². The Morgan fingerprint density at radius 2 is 0.682 bits per heavy atom. The minimum atomic E-state index is -4.63. The molecule has 0 radical (unpaired) electrons. The minimum Gasteiger partial charge on any atom is -0.510 e. The average Bonchev–Trinajstić information content (AvgIpc) is 3.05. The van der Waals surface area contributed by atoms with Crippen LogP contribution in [0.3, 0.4) is 0 Å². The van der Waals surface area contributed by atoms with E-state index in [2.05, 4.69) is 34.1 Å². The lowest BCUT2D eigenvalue weighted by Gasteiger charge is -2.22. The predicted molar refractivity (Wildman–Crippen MR) is 181 cm³/mol. The molecule has 0 saturated carbocycles. The summed E-state index contributed by atoms with van der Waals surface area (Å²) in [7, 11) is -13.0. The first-order valence-electron chi connectivity index (χ1n) is 13.7. The molecule has 44 heavy (non-hydrogen) atoms. The molecule has 0 aliphatic rings. The molecule has 6 rings (SSSR count). The summed E-state index contributed by atoms with van der Waals surface area (Å²) in [5.74, 6) is -0.0177. The molecule has 3 N–H and O–H groups in total. The fraction of sp³-hybridized carbons (Fsp3) is 0. The van der Waals surface area contributed by atoms with Gasteiger partial charge in [-0.3, -0.25) is 0 Å². The molecule has 0 atom stereocenters. The predicted octanol–water partition coefficient (Wildman–Crippen LogP) is 5.54. The van der Waals surface area contributed by atoms with Gasteiger partial charge in [0, 0.05) is 0 Å². The fourth-order valence-corrected chi connectivity index (χ4v) is 24.7. The standard InChI is InChI=1S/C30H27O7PSi6/c31-28-25(13-10-22-42(28)39-16-4-1-5-17-39)35-38(34,36-26-14-11-23-43(29(26)32)40-18-6-2-7-19-40)37-27-15-12-24-44(30(27)33)41-20-8-3-9-21-41/h1-24,31-33H. The molecular weight excluding hydrogens is 672 g/mol. The van der Waals surface area contributed by atoms with Gasteiger partial charge < -0.3 is 28.9 Å². The molecule has 0 aliphatic heterocycles. The number of hydrogen-bond donors (Lipinski definition) is 3. The van der Waals surface area contributed by atoms with Crippen LogP contribution in [0, 0.1) is 0 Å². The van der Waals surface area contributed by atoms with Gasteiger partial charge in [0.1, 0.15) is 39.8 Å². The molecule has 0 unspecified atom stereocenters. The second-order valence-corrected chi connectivity index (χ2v) is 30.9. The summed E-state index contributed by atoms with van der Waals surface area (Å²) in [6.45, 7) is 0. The molecule has 0 saturated heterocycles. The second-order valence-electron chi connectivity index (χ2n) is 9.78. The highest BCUT2D eigenvalue weighted by atomic mass is 31.2. The van der Waals surface area contributed by atoms with Gasteiger partial charge in [-0.25, -0.2) is 0 Å². The summed E-state index contributed by atoms with van der Waals surface area (Å²) in [6.07, 6.45) is 0. The van der Waals surface area contributed by atoms with Crippen molar-refractivity contribution in [1.82, 2.24) is 0 Å². The number of phosphoric ester groups is 1. The molecule has 0 amide bonds. The molecule has 6 aromatic heterocycles. The van der Waals surface area contributed by atoms with Crippen LogP contribution in [0.25, 0.3) is 0 Å². The highest BCUT2D eigenvalue weighted by Gasteiger charge is 2.37. The zero-order valence-electron chi connectivity index (χ0n) is 23.3. The van der Waals surface area contributed by atoms with Crippen molar-refractivity contribution in [3.8, 4) is 33.3 Å². The molecule has 0 aliphatic carbocycles. The first-order chi connectivity index (χ1) is 21.4. The van der Waals surface area contributed by atoms with Crippen molar-refractivity contribution in [3.05, 3.63) is 142 Å². The van der Waals surface area contributed by atoms with Crippen LogP contribution in [0.5, 0.6) is 33.3 Å². The van der Waals surface area contributed by atoms with E-state index in [4.69, 9.17) is 13.6 Å². The quantitative estimate of drug-likeness (QED) is 0.135. The average molecular weight is 699 g/mol. The van der Waals surface area contributed by atoms with E-state index in [0.29, 0.717) is 0 Å². The lowest BCUT2D eigenvalue weighted by atomic mass is 10.5. The molecule has 0 aromatic carbocycles. The van der Waals surface area contributed by atoms with Crippen LogP contribution in [0.4, 0.5) is 0 Å². The van der Waals surface area contributed by atoms with E-state index >= 15 is 0 Å². The van der Waals surface area contributed by atoms with E-state index in [0.717, 1.165) is 0 Å². The molecular formula is C30H27O7PSi6. The van der Waals surface area contributed by atoms with Gasteiger partial charge in [-0.2, -0.15) is 4.57 Å². The van der Waals surface area contributed by atoms with Crippen LogP contribution < -0.4 is 13.6 Å². The van der Waals surface area contributed by atoms with E-state index < -0.39 is 55.3 Å². The van der Waals surface area contributed by atoms with Crippen molar-refractivity contribution in [3.63, 3.8) is 0 Å². The van der Waals surface area contributed by atoms with Crippen LogP contribution in [-0.2, 0) is 4.57 Å². The number of rotatable bonds is 9. The number of aromatic hydroxyl groups is 3. The molecule has 0 spiro atoms. The van der Waals surface area contributed by atoms with Gasteiger partial charge in [-0.05, 0) is 18.2 Å². The Kier molecular flexibility index (Phi) is 9.42. The van der Waals surface area contributed by atoms with Gasteiger partial charge in [0.05, 0.1) is 23.7 Å². The summed E-state index contributed by atoms with van der Waals surface area (Å²) in [5.41, 5.74) is 18.6. The van der Waals surface area contributed by atoms with E-state index in [1.165, 1.54) is 18.2 Å². The first-order valence-corrected chi connectivity index (χ1v) is 27.9. The van der Waals surface area contributed by atoms with Crippen molar-refractivity contribution in [2.75, 3.05) is 0 Å². The monoisotopic (exact) mass is 698 g/mol. The molecule has 0 fully saturated rings. The van der Waals surface area contributed by atoms with Crippen molar-refractivity contribution < 1.29 is 33.5 Å². The summed E-state index contributed by atoms with van der Waals surface area (Å²) in [5, 5.41) is 34.1. The fourth-order valence-electron chi connectivity index (χ4n) is 4.76. The van der Waals surface area contributed by atoms with Gasteiger partial charge in [0.15, 0.2) is 17.2 Å². The van der Waals surface area contributed by atoms with Crippen LogP contribution >= 0.6 is 7.82 Å². The molecule has 7 nitrogen and oxygen atoms in total. The summed E-state index contributed by atoms with van der Waals surface area (Å²) in [6, 6.07) is 27.6. The maximum atomic E-state index is 14.6.